The van der Waals surface area contributed by atoms with Gasteiger partial charge in [-0.05, 0) is 29.9 Å². The topological polar surface area (TPSA) is 133 Å². The fourth-order valence-corrected chi connectivity index (χ4v) is 6.00. The molecule has 0 radical (unpaired) electrons. The molecule has 4 aromatic rings. The highest BCUT2D eigenvalue weighted by molar-refractivity contribution is 7.99. The molecule has 4 aromatic heterocycles. The highest BCUT2D eigenvalue weighted by Gasteiger charge is 2.47. The number of anilines is 1. The quantitative estimate of drug-likeness (QED) is 0.332. The first-order valence-corrected chi connectivity index (χ1v) is 12.0. The Kier molecular flexibility index (Phi) is 4.97. The van der Waals surface area contributed by atoms with E-state index in [1.165, 1.54) is 22.4 Å². The van der Waals surface area contributed by atoms with Crippen molar-refractivity contribution in [1.29, 1.82) is 0 Å². The van der Waals surface area contributed by atoms with E-state index in [0.717, 1.165) is 44.0 Å². The largest absolute Gasteiger partial charge is 0.358 e. The molecular formula is C21H20ClN9O2S. The van der Waals surface area contributed by atoms with Gasteiger partial charge in [-0.15, -0.1) is 0 Å². The van der Waals surface area contributed by atoms with Crippen LogP contribution in [0.25, 0.3) is 5.65 Å². The zero-order valence-corrected chi connectivity index (χ0v) is 19.5. The molecule has 2 aliphatic rings. The average molecular weight is 498 g/mol. The molecule has 1 fully saturated rings. The number of halogens is 1. The molecule has 1 unspecified atom stereocenters. The van der Waals surface area contributed by atoms with Crippen molar-refractivity contribution in [3.8, 4) is 0 Å². The van der Waals surface area contributed by atoms with Gasteiger partial charge in [-0.2, -0.15) is 9.50 Å². The Morgan fingerprint density at radius 2 is 2.00 bits per heavy atom. The molecule has 2 N–H and O–H groups in total. The van der Waals surface area contributed by atoms with E-state index in [2.05, 4.69) is 25.0 Å². The molecule has 0 aliphatic carbocycles. The molecule has 1 atom stereocenters. The maximum atomic E-state index is 11.1. The summed E-state index contributed by atoms with van der Waals surface area (Å²) in [5, 5.41) is 16.5. The van der Waals surface area contributed by atoms with Gasteiger partial charge in [0.1, 0.15) is 22.1 Å². The smallest absolute Gasteiger partial charge is 0.347 e. The third-order valence-electron chi connectivity index (χ3n) is 6.86. The van der Waals surface area contributed by atoms with Gasteiger partial charge < -0.3 is 20.7 Å². The number of fused-ring (bicyclic) bond motifs is 2. The van der Waals surface area contributed by atoms with Crippen molar-refractivity contribution in [3.05, 3.63) is 63.9 Å². The Hall–Kier alpha value is -3.22. The van der Waals surface area contributed by atoms with Crippen molar-refractivity contribution in [2.24, 2.45) is 11.1 Å². The fraction of sp³-hybridized carbons (Fsp3) is 0.333. The zero-order valence-electron chi connectivity index (χ0n) is 17.9. The highest BCUT2D eigenvalue weighted by atomic mass is 35.5. The lowest BCUT2D eigenvalue weighted by Crippen LogP contribution is -2.45. The number of nitrogens with zero attached hydrogens (tertiary/aromatic N) is 8. The van der Waals surface area contributed by atoms with Crippen LogP contribution in [0.15, 0.2) is 53.0 Å². The van der Waals surface area contributed by atoms with Gasteiger partial charge in [0.05, 0.1) is 30.3 Å². The summed E-state index contributed by atoms with van der Waals surface area (Å²) in [4.78, 5) is 26.8. The van der Waals surface area contributed by atoms with E-state index in [1.807, 2.05) is 16.9 Å². The standard InChI is InChI=1S/C21H20ClN9O2S/c22-18-14(2-6-29-17(31(32)33)11-26-20(18)29)34-16-10-24-15(9-25-16)28-7-3-21(4-8-28)12-30-13(19(21)23)1-5-27-30/h1-2,5-6,9-11,19H,3-4,7-8,12,23H2. The van der Waals surface area contributed by atoms with E-state index >= 15 is 0 Å². The van der Waals surface area contributed by atoms with E-state index in [-0.39, 0.29) is 17.3 Å². The van der Waals surface area contributed by atoms with Crippen LogP contribution < -0.4 is 10.6 Å². The maximum absolute atomic E-state index is 11.1. The van der Waals surface area contributed by atoms with Crippen LogP contribution in [0, 0.1) is 15.5 Å². The van der Waals surface area contributed by atoms with E-state index in [1.54, 1.807) is 24.7 Å². The predicted octanol–water partition coefficient (Wildman–Crippen LogP) is 3.33. The number of piperidine rings is 1. The summed E-state index contributed by atoms with van der Waals surface area (Å²) >= 11 is 7.80. The highest BCUT2D eigenvalue weighted by Crippen LogP contribution is 2.47. The lowest BCUT2D eigenvalue weighted by Gasteiger charge is -2.41. The molecular weight excluding hydrogens is 478 g/mol. The molecule has 0 aromatic carbocycles. The van der Waals surface area contributed by atoms with Crippen LogP contribution in [0.5, 0.6) is 0 Å². The van der Waals surface area contributed by atoms with Crippen molar-refractivity contribution >= 4 is 40.6 Å². The summed E-state index contributed by atoms with van der Waals surface area (Å²) in [5.74, 6) is 0.693. The second-order valence-electron chi connectivity index (χ2n) is 8.62. The van der Waals surface area contributed by atoms with Crippen molar-refractivity contribution < 1.29 is 4.92 Å². The molecule has 1 spiro atoms. The molecule has 1 saturated heterocycles. The maximum Gasteiger partial charge on any atom is 0.347 e. The van der Waals surface area contributed by atoms with Gasteiger partial charge in [-0.3, -0.25) is 4.68 Å². The van der Waals surface area contributed by atoms with Crippen LogP contribution in [-0.4, -0.2) is 47.1 Å². The number of pyridine rings is 1. The van der Waals surface area contributed by atoms with Gasteiger partial charge in [-0.25, -0.2) is 15.0 Å². The van der Waals surface area contributed by atoms with Gasteiger partial charge in [0.2, 0.25) is 5.65 Å². The van der Waals surface area contributed by atoms with Crippen molar-refractivity contribution in [2.75, 3.05) is 18.0 Å². The Bertz CT molecular complexity index is 1400. The number of rotatable bonds is 4. The molecule has 0 bridgehead atoms. The van der Waals surface area contributed by atoms with Crippen molar-refractivity contribution in [3.63, 3.8) is 0 Å². The molecule has 2 aliphatic heterocycles. The minimum absolute atomic E-state index is 0.0145. The molecule has 0 saturated carbocycles. The van der Waals surface area contributed by atoms with Gasteiger partial charge in [0.25, 0.3) is 0 Å². The van der Waals surface area contributed by atoms with Crippen LogP contribution in [0.4, 0.5) is 11.6 Å². The number of nitro groups is 1. The minimum Gasteiger partial charge on any atom is -0.358 e. The Morgan fingerprint density at radius 3 is 2.71 bits per heavy atom. The van der Waals surface area contributed by atoms with E-state index < -0.39 is 4.92 Å². The summed E-state index contributed by atoms with van der Waals surface area (Å²) < 4.78 is 3.39. The first-order chi connectivity index (χ1) is 16.4. The molecule has 174 valence electrons. The Morgan fingerprint density at radius 1 is 1.18 bits per heavy atom. The molecule has 6 heterocycles. The number of imidazole rings is 1. The second-order valence-corrected chi connectivity index (χ2v) is 10.1. The summed E-state index contributed by atoms with van der Waals surface area (Å²) in [6.07, 6.45) is 10.0. The number of hydrogen-bond acceptors (Lipinski definition) is 9. The van der Waals surface area contributed by atoms with E-state index in [4.69, 9.17) is 17.3 Å². The number of aromatic nitrogens is 6. The van der Waals surface area contributed by atoms with Gasteiger partial charge in [0.15, 0.2) is 0 Å². The summed E-state index contributed by atoms with van der Waals surface area (Å²) in [6.45, 7) is 2.60. The fourth-order valence-electron chi connectivity index (χ4n) is 4.94. The molecule has 6 rings (SSSR count). The summed E-state index contributed by atoms with van der Waals surface area (Å²) in [7, 11) is 0. The Balaban J connectivity index is 1.14. The number of hydrogen-bond donors (Lipinski definition) is 1. The lowest BCUT2D eigenvalue weighted by atomic mass is 9.73. The summed E-state index contributed by atoms with van der Waals surface area (Å²) in [5.41, 5.74) is 8.09. The van der Waals surface area contributed by atoms with Gasteiger partial charge in [0, 0.05) is 36.1 Å². The predicted molar refractivity (Wildman–Crippen MR) is 126 cm³/mol. The van der Waals surface area contributed by atoms with Crippen LogP contribution in [0.3, 0.4) is 0 Å². The monoisotopic (exact) mass is 497 g/mol. The second kappa shape index (κ2) is 7.93. The third-order valence-corrected chi connectivity index (χ3v) is 8.32. The Labute approximate surface area is 203 Å². The van der Waals surface area contributed by atoms with Gasteiger partial charge >= 0.3 is 5.82 Å². The molecule has 11 nitrogen and oxygen atoms in total. The van der Waals surface area contributed by atoms with Crippen LogP contribution in [0.1, 0.15) is 24.6 Å². The van der Waals surface area contributed by atoms with Crippen molar-refractivity contribution in [2.45, 2.75) is 35.3 Å². The first-order valence-electron chi connectivity index (χ1n) is 10.8. The normalized spacial score (nSPS) is 19.1. The number of nitrogens with two attached hydrogens (primary N) is 1. The van der Waals surface area contributed by atoms with E-state index in [9.17, 15) is 10.1 Å². The molecule has 13 heteroatoms. The third kappa shape index (κ3) is 3.32. The van der Waals surface area contributed by atoms with Crippen LogP contribution >= 0.6 is 23.4 Å². The first kappa shape index (κ1) is 21.3. The zero-order chi connectivity index (χ0) is 23.4. The van der Waals surface area contributed by atoms with Crippen molar-refractivity contribution in [1.82, 2.24) is 29.1 Å². The molecule has 0 amide bonds. The summed E-state index contributed by atoms with van der Waals surface area (Å²) in [6, 6.07) is 3.75. The lowest BCUT2D eigenvalue weighted by molar-refractivity contribution is -0.390. The SMILES string of the molecule is NC1c2ccnn2CC12CCN(c1cnc(Sc3ccn4c([N+](=O)[O-])cnc4c3Cl)cn1)CC2. The molecule has 34 heavy (non-hydrogen) atoms. The van der Waals surface area contributed by atoms with E-state index in [0.29, 0.717) is 20.6 Å². The van der Waals surface area contributed by atoms with Crippen LogP contribution in [0.2, 0.25) is 5.02 Å². The van der Waals surface area contributed by atoms with Gasteiger partial charge in [-0.1, -0.05) is 23.4 Å². The minimum atomic E-state index is -0.495. The average Bonchev–Trinajstić information content (AvgIpc) is 3.54. The van der Waals surface area contributed by atoms with Crippen LogP contribution in [-0.2, 0) is 6.54 Å².